The Morgan fingerprint density at radius 3 is 1.70 bits per heavy atom. The minimum Gasteiger partial charge on any atom is -0.306 e. The van der Waals surface area contributed by atoms with Crippen LogP contribution in [0, 0.1) is 5.41 Å². The van der Waals surface area contributed by atoms with Crippen molar-refractivity contribution in [1.29, 1.82) is 0 Å². The van der Waals surface area contributed by atoms with Crippen LogP contribution in [0.5, 0.6) is 0 Å². The second-order valence-corrected chi connectivity index (χ2v) is 9.36. The number of hydrogen-bond donors (Lipinski definition) is 0. The van der Waals surface area contributed by atoms with E-state index in [1.807, 2.05) is 67.6 Å². The molecule has 3 rings (SSSR count). The number of carbonyl (C=O) groups is 1. The minimum absolute atomic E-state index is 0.0675. The van der Waals surface area contributed by atoms with Gasteiger partial charge in [-0.15, -0.1) is 0 Å². The number of benzene rings is 2. The summed E-state index contributed by atoms with van der Waals surface area (Å²) in [5, 5.41) is 1.31. The van der Waals surface area contributed by atoms with Crippen LogP contribution in [-0.4, -0.2) is 5.52 Å². The molecule has 2 nitrogen and oxygen atoms in total. The monoisotopic (exact) mass is 326 g/mol. The summed E-state index contributed by atoms with van der Waals surface area (Å²) >= 11 is 0. The van der Waals surface area contributed by atoms with Gasteiger partial charge in [-0.3, -0.25) is 4.79 Å². The van der Waals surface area contributed by atoms with Crippen molar-refractivity contribution in [2.75, 3.05) is 0 Å². The van der Waals surface area contributed by atoms with E-state index in [0.717, 1.165) is 25.7 Å². The van der Waals surface area contributed by atoms with Crippen molar-refractivity contribution in [2.45, 2.75) is 39.0 Å². The molecule has 120 valence electrons. The summed E-state index contributed by atoms with van der Waals surface area (Å²) in [6.45, 7) is 2.01. The number of rotatable bonds is 4. The second kappa shape index (κ2) is 6.45. The standard InChI is InChI=1S/C20H23O2P/c1-20(15-9-4-10-16-20)19(21)23(22,17-11-5-2-6-12-17)18-13-7-3-8-14-18/h2-3,5-8,11-14H,4,9-10,15-16H2,1H3. The summed E-state index contributed by atoms with van der Waals surface area (Å²) in [5.41, 5.74) is -0.540. The first-order chi connectivity index (χ1) is 11.1. The van der Waals surface area contributed by atoms with E-state index in [-0.39, 0.29) is 5.52 Å². The maximum absolute atomic E-state index is 14.1. The first-order valence-corrected chi connectivity index (χ1v) is 10.0. The van der Waals surface area contributed by atoms with E-state index in [4.69, 9.17) is 0 Å². The third-order valence-corrected chi connectivity index (χ3v) is 8.16. The highest BCUT2D eigenvalue weighted by atomic mass is 31.2. The molecule has 0 unspecified atom stereocenters. The molecule has 0 aromatic heterocycles. The Morgan fingerprint density at radius 1 is 0.826 bits per heavy atom. The van der Waals surface area contributed by atoms with Crippen molar-refractivity contribution in [3.8, 4) is 0 Å². The molecule has 2 aromatic carbocycles. The van der Waals surface area contributed by atoms with E-state index in [1.165, 1.54) is 6.42 Å². The van der Waals surface area contributed by atoms with Crippen molar-refractivity contribution in [2.24, 2.45) is 5.41 Å². The van der Waals surface area contributed by atoms with Crippen LogP contribution >= 0.6 is 7.14 Å². The number of hydrogen-bond acceptors (Lipinski definition) is 2. The molecule has 23 heavy (non-hydrogen) atoms. The molecule has 0 bridgehead atoms. The van der Waals surface area contributed by atoms with Crippen LogP contribution in [0.25, 0.3) is 0 Å². The van der Waals surface area contributed by atoms with Gasteiger partial charge in [-0.1, -0.05) is 86.8 Å². The summed E-state index contributed by atoms with van der Waals surface area (Å²) in [7, 11) is -3.29. The zero-order valence-electron chi connectivity index (χ0n) is 13.6. The highest BCUT2D eigenvalue weighted by Gasteiger charge is 2.46. The van der Waals surface area contributed by atoms with Gasteiger partial charge in [0.2, 0.25) is 12.7 Å². The molecule has 0 saturated heterocycles. The largest absolute Gasteiger partial charge is 0.306 e. The van der Waals surface area contributed by atoms with Crippen LogP contribution < -0.4 is 10.6 Å². The quantitative estimate of drug-likeness (QED) is 0.775. The van der Waals surface area contributed by atoms with Gasteiger partial charge in [0, 0.05) is 16.0 Å². The molecular formula is C20H23O2P. The Hall–Kier alpha value is -1.66. The molecule has 0 amide bonds. The van der Waals surface area contributed by atoms with Gasteiger partial charge >= 0.3 is 0 Å². The highest BCUT2D eigenvalue weighted by Crippen LogP contribution is 2.53. The Balaban J connectivity index is 2.13. The predicted octanol–water partition coefficient (Wildman–Crippen LogP) is 4.50. The van der Waals surface area contributed by atoms with Gasteiger partial charge in [0.15, 0.2) is 0 Å². The van der Waals surface area contributed by atoms with E-state index in [0.29, 0.717) is 10.6 Å². The van der Waals surface area contributed by atoms with Gasteiger partial charge in [-0.05, 0) is 12.8 Å². The molecule has 0 spiro atoms. The van der Waals surface area contributed by atoms with E-state index in [1.54, 1.807) is 0 Å². The summed E-state index contributed by atoms with van der Waals surface area (Å²) in [4.78, 5) is 13.5. The van der Waals surface area contributed by atoms with Gasteiger partial charge in [-0.2, -0.15) is 0 Å². The molecule has 0 heterocycles. The molecule has 2 aromatic rings. The van der Waals surface area contributed by atoms with E-state index in [2.05, 4.69) is 0 Å². The summed E-state index contributed by atoms with van der Waals surface area (Å²) in [6.07, 6.45) is 4.95. The van der Waals surface area contributed by atoms with Crippen LogP contribution in [0.15, 0.2) is 60.7 Å². The third-order valence-electron chi connectivity index (χ3n) is 5.00. The Labute approximate surface area is 138 Å². The third kappa shape index (κ3) is 2.93. The Morgan fingerprint density at radius 2 is 1.26 bits per heavy atom. The normalized spacial score (nSPS) is 17.6. The fourth-order valence-corrected chi connectivity index (χ4v) is 6.52. The SMILES string of the molecule is CC1(C(=O)P(=O)(c2ccccc2)c2ccccc2)CCCCC1. The average molecular weight is 326 g/mol. The van der Waals surface area contributed by atoms with Crippen molar-refractivity contribution in [1.82, 2.24) is 0 Å². The Bertz CT molecular complexity index is 672. The van der Waals surface area contributed by atoms with E-state index >= 15 is 0 Å². The van der Waals surface area contributed by atoms with E-state index in [9.17, 15) is 9.36 Å². The van der Waals surface area contributed by atoms with E-state index < -0.39 is 12.6 Å². The lowest BCUT2D eigenvalue weighted by Crippen LogP contribution is -2.35. The van der Waals surface area contributed by atoms with Gasteiger partial charge < -0.3 is 4.57 Å². The van der Waals surface area contributed by atoms with Gasteiger partial charge in [0.25, 0.3) is 0 Å². The molecule has 1 aliphatic rings. The summed E-state index contributed by atoms with van der Waals surface area (Å²) in [5.74, 6) is 0. The molecule has 3 heteroatoms. The molecule has 1 aliphatic carbocycles. The maximum atomic E-state index is 14.1. The second-order valence-electron chi connectivity index (χ2n) is 6.71. The highest BCUT2D eigenvalue weighted by molar-refractivity contribution is 7.93. The van der Waals surface area contributed by atoms with Crippen molar-refractivity contribution in [3.63, 3.8) is 0 Å². The minimum atomic E-state index is -3.29. The van der Waals surface area contributed by atoms with Gasteiger partial charge in [-0.25, -0.2) is 0 Å². The zero-order valence-corrected chi connectivity index (χ0v) is 14.5. The lowest BCUT2D eigenvalue weighted by molar-refractivity contribution is -0.121. The van der Waals surface area contributed by atoms with Gasteiger partial charge in [0.05, 0.1) is 0 Å². The zero-order chi connectivity index (χ0) is 16.3. The molecule has 0 radical (unpaired) electrons. The smallest absolute Gasteiger partial charge is 0.206 e. The van der Waals surface area contributed by atoms with Crippen LogP contribution in [0.1, 0.15) is 39.0 Å². The van der Waals surface area contributed by atoms with Gasteiger partial charge in [0.1, 0.15) is 0 Å². The molecule has 1 fully saturated rings. The molecule has 1 saturated carbocycles. The lowest BCUT2D eigenvalue weighted by atomic mass is 9.77. The first kappa shape index (κ1) is 16.2. The van der Waals surface area contributed by atoms with Crippen molar-refractivity contribution >= 4 is 23.3 Å². The molecule has 0 aliphatic heterocycles. The lowest BCUT2D eigenvalue weighted by Gasteiger charge is -2.35. The first-order valence-electron chi connectivity index (χ1n) is 8.34. The predicted molar refractivity (Wildman–Crippen MR) is 96.0 cm³/mol. The van der Waals surface area contributed by atoms with Crippen LogP contribution in [0.4, 0.5) is 0 Å². The topological polar surface area (TPSA) is 34.1 Å². The van der Waals surface area contributed by atoms with Crippen LogP contribution in [-0.2, 0) is 9.36 Å². The Kier molecular flexibility index (Phi) is 4.55. The average Bonchev–Trinajstić information content (AvgIpc) is 2.62. The fourth-order valence-electron chi connectivity index (χ4n) is 3.59. The number of carbonyl (C=O) groups excluding carboxylic acids is 1. The molecular weight excluding hydrogens is 303 g/mol. The van der Waals surface area contributed by atoms with Crippen molar-refractivity contribution in [3.05, 3.63) is 60.7 Å². The summed E-state index contributed by atoms with van der Waals surface area (Å²) in [6, 6.07) is 18.6. The molecule has 0 N–H and O–H groups in total. The fraction of sp³-hybridized carbons (Fsp3) is 0.350. The maximum Gasteiger partial charge on any atom is 0.206 e. The summed E-state index contributed by atoms with van der Waals surface area (Å²) < 4.78 is 14.1. The van der Waals surface area contributed by atoms with Crippen LogP contribution in [0.2, 0.25) is 0 Å². The van der Waals surface area contributed by atoms with Crippen LogP contribution in [0.3, 0.4) is 0 Å². The van der Waals surface area contributed by atoms with Crippen molar-refractivity contribution < 1.29 is 9.36 Å². The molecule has 0 atom stereocenters.